The van der Waals surface area contributed by atoms with Crippen molar-refractivity contribution in [3.63, 3.8) is 0 Å². The van der Waals surface area contributed by atoms with Crippen molar-refractivity contribution in [2.45, 2.75) is 6.54 Å². The lowest BCUT2D eigenvalue weighted by Crippen LogP contribution is -2.05. The van der Waals surface area contributed by atoms with Crippen LogP contribution in [0.25, 0.3) is 0 Å². The van der Waals surface area contributed by atoms with Crippen LogP contribution in [0.1, 0.15) is 5.56 Å². The number of nitrogens with two attached hydrogens (primary N) is 1. The molecule has 3 aromatic rings. The molecule has 0 unspecified atom stereocenters. The van der Waals surface area contributed by atoms with E-state index in [-0.39, 0.29) is 11.4 Å². The van der Waals surface area contributed by atoms with Crippen molar-refractivity contribution >= 4 is 21.5 Å². The maximum absolute atomic E-state index is 13.5. The number of nitrogens with one attached hydrogen (secondary N) is 1. The molecule has 0 spiro atoms. The van der Waals surface area contributed by atoms with Crippen LogP contribution in [0.4, 0.5) is 15.8 Å². The second kappa shape index (κ2) is 8.18. The molecule has 0 atom stereocenters. The van der Waals surface area contributed by atoms with Gasteiger partial charge in [0.25, 0.3) is 0 Å². The van der Waals surface area contributed by atoms with Crippen LogP contribution >= 0.6 is 0 Å². The molecule has 146 valence electrons. The van der Waals surface area contributed by atoms with Gasteiger partial charge in [-0.1, -0.05) is 18.2 Å². The van der Waals surface area contributed by atoms with Gasteiger partial charge in [0.1, 0.15) is 23.1 Å². The third-order valence-corrected chi connectivity index (χ3v) is 4.26. The standard InChI is InChI=1S/C20H19FN2O4S/c1-28(24,25)27-17-11-9-16(10-12-17)26-15-7-5-14(6-8-15)13-23-19-4-2-3-18(21)20(19)22/h2-12,23H,13,22H2,1H3. The van der Waals surface area contributed by atoms with Gasteiger partial charge in [-0.3, -0.25) is 0 Å². The zero-order valence-electron chi connectivity index (χ0n) is 15.1. The van der Waals surface area contributed by atoms with E-state index in [1.54, 1.807) is 36.4 Å². The van der Waals surface area contributed by atoms with Crippen molar-refractivity contribution < 1.29 is 21.7 Å². The van der Waals surface area contributed by atoms with Gasteiger partial charge in [-0.15, -0.1) is 0 Å². The first-order valence-corrected chi connectivity index (χ1v) is 10.2. The van der Waals surface area contributed by atoms with Crippen LogP contribution in [0.5, 0.6) is 17.2 Å². The minimum absolute atomic E-state index is 0.0887. The molecular formula is C20H19FN2O4S. The van der Waals surface area contributed by atoms with Gasteiger partial charge < -0.3 is 20.0 Å². The summed E-state index contributed by atoms with van der Waals surface area (Å²) in [4.78, 5) is 0. The molecule has 0 aromatic heterocycles. The molecule has 0 saturated carbocycles. The van der Waals surface area contributed by atoms with E-state index in [0.717, 1.165) is 11.8 Å². The van der Waals surface area contributed by atoms with Crippen LogP contribution in [0, 0.1) is 5.82 Å². The third-order valence-electron chi connectivity index (χ3n) is 3.77. The quantitative estimate of drug-likeness (QED) is 0.456. The fourth-order valence-corrected chi connectivity index (χ4v) is 2.90. The second-order valence-corrected chi connectivity index (χ2v) is 7.63. The van der Waals surface area contributed by atoms with Crippen molar-refractivity contribution in [2.24, 2.45) is 0 Å². The van der Waals surface area contributed by atoms with Crippen LogP contribution in [-0.2, 0) is 16.7 Å². The smallest absolute Gasteiger partial charge is 0.306 e. The second-order valence-electron chi connectivity index (χ2n) is 6.06. The van der Waals surface area contributed by atoms with E-state index in [1.165, 1.54) is 18.2 Å². The summed E-state index contributed by atoms with van der Waals surface area (Å²) in [6.07, 6.45) is 0.983. The zero-order valence-corrected chi connectivity index (χ0v) is 15.9. The topological polar surface area (TPSA) is 90.7 Å². The molecule has 0 saturated heterocycles. The first kappa shape index (κ1) is 19.5. The van der Waals surface area contributed by atoms with Crippen molar-refractivity contribution in [3.05, 3.63) is 78.1 Å². The monoisotopic (exact) mass is 402 g/mol. The zero-order chi connectivity index (χ0) is 20.1. The number of benzene rings is 3. The molecule has 28 heavy (non-hydrogen) atoms. The largest absolute Gasteiger partial charge is 0.457 e. The summed E-state index contributed by atoms with van der Waals surface area (Å²) in [6.45, 7) is 0.478. The Bertz CT molecular complexity index is 1050. The van der Waals surface area contributed by atoms with Gasteiger partial charge in [-0.2, -0.15) is 8.42 Å². The first-order valence-electron chi connectivity index (χ1n) is 8.34. The maximum Gasteiger partial charge on any atom is 0.306 e. The van der Waals surface area contributed by atoms with Gasteiger partial charge in [0.15, 0.2) is 0 Å². The molecule has 0 aliphatic rings. The Kier molecular flexibility index (Phi) is 5.70. The van der Waals surface area contributed by atoms with Gasteiger partial charge >= 0.3 is 10.1 Å². The number of halogens is 1. The molecule has 0 bridgehead atoms. The van der Waals surface area contributed by atoms with Crippen LogP contribution in [0.3, 0.4) is 0 Å². The average molecular weight is 402 g/mol. The molecule has 3 N–H and O–H groups in total. The fourth-order valence-electron chi connectivity index (χ4n) is 2.44. The molecule has 0 fully saturated rings. The molecule has 3 aromatic carbocycles. The molecule has 0 heterocycles. The van der Waals surface area contributed by atoms with E-state index in [2.05, 4.69) is 5.32 Å². The Hall–Kier alpha value is -3.26. The SMILES string of the molecule is CS(=O)(=O)Oc1ccc(Oc2ccc(CNc3cccc(F)c3N)cc2)cc1. The highest BCUT2D eigenvalue weighted by molar-refractivity contribution is 7.86. The molecule has 8 heteroatoms. The fraction of sp³-hybridized carbons (Fsp3) is 0.100. The van der Waals surface area contributed by atoms with Gasteiger partial charge in [0, 0.05) is 6.54 Å². The highest BCUT2D eigenvalue weighted by Gasteiger charge is 2.06. The third kappa shape index (κ3) is 5.37. The highest BCUT2D eigenvalue weighted by Crippen LogP contribution is 2.25. The maximum atomic E-state index is 13.5. The van der Waals surface area contributed by atoms with Crippen molar-refractivity contribution in [2.75, 3.05) is 17.3 Å². The molecule has 0 amide bonds. The minimum Gasteiger partial charge on any atom is -0.457 e. The van der Waals surface area contributed by atoms with Crippen molar-refractivity contribution in [3.8, 4) is 17.2 Å². The first-order chi connectivity index (χ1) is 13.3. The summed E-state index contributed by atoms with van der Waals surface area (Å²) >= 11 is 0. The van der Waals surface area contributed by atoms with Crippen molar-refractivity contribution in [1.29, 1.82) is 0 Å². The van der Waals surface area contributed by atoms with Gasteiger partial charge in [0.2, 0.25) is 0 Å². The molecular weight excluding hydrogens is 383 g/mol. The highest BCUT2D eigenvalue weighted by atomic mass is 32.2. The van der Waals surface area contributed by atoms with Gasteiger partial charge in [0.05, 0.1) is 17.6 Å². The lowest BCUT2D eigenvalue weighted by Gasteiger charge is -2.11. The minimum atomic E-state index is -3.56. The number of nitrogen functional groups attached to an aromatic ring is 1. The Morgan fingerprint density at radius 1 is 0.929 bits per heavy atom. The number of hydrogen-bond acceptors (Lipinski definition) is 6. The Labute approximate surface area is 162 Å². The molecule has 0 aliphatic heterocycles. The number of anilines is 2. The number of para-hydroxylation sites is 1. The Morgan fingerprint density at radius 3 is 2.11 bits per heavy atom. The van der Waals surface area contributed by atoms with E-state index in [1.807, 2.05) is 12.1 Å². The summed E-state index contributed by atoms with van der Waals surface area (Å²) in [5.74, 6) is 0.916. The summed E-state index contributed by atoms with van der Waals surface area (Å²) in [5, 5.41) is 3.10. The van der Waals surface area contributed by atoms with E-state index >= 15 is 0 Å². The van der Waals surface area contributed by atoms with Crippen LogP contribution in [-0.4, -0.2) is 14.7 Å². The number of rotatable bonds is 7. The van der Waals surface area contributed by atoms with Gasteiger partial charge in [-0.05, 0) is 54.1 Å². The van der Waals surface area contributed by atoms with Crippen molar-refractivity contribution in [1.82, 2.24) is 0 Å². The predicted octanol–water partition coefficient (Wildman–Crippen LogP) is 4.15. The number of hydrogen-bond donors (Lipinski definition) is 2. The van der Waals surface area contributed by atoms with E-state index in [9.17, 15) is 12.8 Å². The molecule has 0 aliphatic carbocycles. The average Bonchev–Trinajstić information content (AvgIpc) is 2.65. The lowest BCUT2D eigenvalue weighted by atomic mass is 10.2. The normalized spacial score (nSPS) is 11.1. The molecule has 3 rings (SSSR count). The molecule has 0 radical (unpaired) electrons. The summed E-state index contributed by atoms with van der Waals surface area (Å²) < 4.78 is 46.2. The number of ether oxygens (including phenoxy) is 1. The summed E-state index contributed by atoms with van der Waals surface area (Å²) in [5.41, 5.74) is 7.29. The summed E-state index contributed by atoms with van der Waals surface area (Å²) in [6, 6.07) is 18.2. The van der Waals surface area contributed by atoms with Crippen LogP contribution < -0.4 is 20.0 Å². The summed E-state index contributed by atoms with van der Waals surface area (Å²) in [7, 11) is -3.56. The predicted molar refractivity (Wildman–Crippen MR) is 107 cm³/mol. The van der Waals surface area contributed by atoms with Crippen LogP contribution in [0.15, 0.2) is 66.7 Å². The van der Waals surface area contributed by atoms with Crippen LogP contribution in [0.2, 0.25) is 0 Å². The van der Waals surface area contributed by atoms with E-state index in [0.29, 0.717) is 23.7 Å². The Balaban J connectivity index is 1.59. The van der Waals surface area contributed by atoms with E-state index < -0.39 is 15.9 Å². The molecule has 6 nitrogen and oxygen atoms in total. The Morgan fingerprint density at radius 2 is 1.50 bits per heavy atom. The van der Waals surface area contributed by atoms with E-state index in [4.69, 9.17) is 14.7 Å². The lowest BCUT2D eigenvalue weighted by molar-refractivity contribution is 0.476. The van der Waals surface area contributed by atoms with Gasteiger partial charge in [-0.25, -0.2) is 4.39 Å².